The molecule has 2 fully saturated rings. The molecule has 2 bridgehead atoms. The summed E-state index contributed by atoms with van der Waals surface area (Å²) in [7, 11) is 2.28. The van der Waals surface area contributed by atoms with Crippen molar-refractivity contribution in [2.75, 3.05) is 25.6 Å². The number of hydrogen-bond acceptors (Lipinski definition) is 5. The number of likely N-dealkylation sites (tertiary alicyclic amines) is 1. The van der Waals surface area contributed by atoms with Gasteiger partial charge in [0.05, 0.1) is 0 Å². The fourth-order valence-corrected chi connectivity index (χ4v) is 3.46. The van der Waals surface area contributed by atoms with Gasteiger partial charge in [-0.3, -0.25) is 9.80 Å². The van der Waals surface area contributed by atoms with Crippen molar-refractivity contribution in [2.24, 2.45) is 5.84 Å². The van der Waals surface area contributed by atoms with Crippen LogP contribution < -0.4 is 11.3 Å². The van der Waals surface area contributed by atoms with Crippen LogP contribution in [0.4, 0.5) is 5.82 Å². The fourth-order valence-electron chi connectivity index (χ4n) is 3.46. The molecule has 104 valence electrons. The monoisotopic (exact) mass is 261 g/mol. The van der Waals surface area contributed by atoms with Gasteiger partial charge in [0.1, 0.15) is 5.82 Å². The number of pyridine rings is 1. The zero-order valence-corrected chi connectivity index (χ0v) is 11.5. The zero-order chi connectivity index (χ0) is 13.2. The summed E-state index contributed by atoms with van der Waals surface area (Å²) in [5.74, 6) is 6.33. The lowest BCUT2D eigenvalue weighted by molar-refractivity contribution is 0.215. The van der Waals surface area contributed by atoms with Crippen LogP contribution in [0.15, 0.2) is 18.3 Å². The van der Waals surface area contributed by atoms with Crippen molar-refractivity contribution < 1.29 is 0 Å². The predicted octanol–water partition coefficient (Wildman–Crippen LogP) is 1.04. The van der Waals surface area contributed by atoms with Crippen LogP contribution in [-0.2, 0) is 6.54 Å². The van der Waals surface area contributed by atoms with Crippen molar-refractivity contribution in [3.8, 4) is 0 Å². The first-order chi connectivity index (χ1) is 9.28. The minimum absolute atomic E-state index is 0.721. The van der Waals surface area contributed by atoms with Crippen molar-refractivity contribution in [2.45, 2.75) is 37.9 Å². The average Bonchev–Trinajstić information content (AvgIpc) is 2.68. The minimum atomic E-state index is 0.721. The molecule has 0 aromatic carbocycles. The highest BCUT2D eigenvalue weighted by molar-refractivity contribution is 5.42. The summed E-state index contributed by atoms with van der Waals surface area (Å²) >= 11 is 0. The third-order valence-corrected chi connectivity index (χ3v) is 4.65. The Kier molecular flexibility index (Phi) is 3.68. The number of nitrogens with one attached hydrogen (secondary N) is 1. The molecule has 3 rings (SSSR count). The molecular formula is C14H23N5. The summed E-state index contributed by atoms with van der Waals surface area (Å²) in [5, 5.41) is 0. The van der Waals surface area contributed by atoms with Crippen LogP contribution in [0.3, 0.4) is 0 Å². The van der Waals surface area contributed by atoms with Crippen molar-refractivity contribution in [3.63, 3.8) is 0 Å². The van der Waals surface area contributed by atoms with E-state index in [1.165, 1.54) is 31.4 Å². The normalized spacial score (nSPS) is 28.3. The highest BCUT2D eigenvalue weighted by Gasteiger charge is 2.34. The third-order valence-electron chi connectivity index (χ3n) is 4.65. The van der Waals surface area contributed by atoms with Gasteiger partial charge < -0.3 is 5.43 Å². The molecule has 19 heavy (non-hydrogen) atoms. The Morgan fingerprint density at radius 3 is 3.05 bits per heavy atom. The molecule has 1 aromatic rings. The summed E-state index contributed by atoms with van der Waals surface area (Å²) in [4.78, 5) is 9.39. The molecule has 2 unspecified atom stereocenters. The van der Waals surface area contributed by atoms with Crippen LogP contribution in [0.1, 0.15) is 24.8 Å². The number of hydrogen-bond donors (Lipinski definition) is 2. The number of anilines is 1. The van der Waals surface area contributed by atoms with Crippen molar-refractivity contribution in [1.82, 2.24) is 14.8 Å². The summed E-state index contributed by atoms with van der Waals surface area (Å²) in [6, 6.07) is 5.59. The van der Waals surface area contributed by atoms with Gasteiger partial charge in [0.25, 0.3) is 0 Å². The van der Waals surface area contributed by atoms with E-state index in [0.29, 0.717) is 0 Å². The Hall–Kier alpha value is -1.17. The van der Waals surface area contributed by atoms with Gasteiger partial charge in [-0.05, 0) is 32.4 Å². The van der Waals surface area contributed by atoms with E-state index >= 15 is 0 Å². The average molecular weight is 261 g/mol. The van der Waals surface area contributed by atoms with E-state index in [-0.39, 0.29) is 0 Å². The number of hydrazine groups is 1. The van der Waals surface area contributed by atoms with Gasteiger partial charge in [-0.2, -0.15) is 0 Å². The molecule has 0 aliphatic carbocycles. The Bertz CT molecular complexity index is 436. The molecule has 0 saturated carbocycles. The Labute approximate surface area is 114 Å². The molecule has 2 saturated heterocycles. The number of rotatable bonds is 3. The molecule has 1 aromatic heterocycles. The predicted molar refractivity (Wildman–Crippen MR) is 76.5 cm³/mol. The molecule has 2 aliphatic rings. The van der Waals surface area contributed by atoms with E-state index in [9.17, 15) is 0 Å². The van der Waals surface area contributed by atoms with Crippen LogP contribution in [0.25, 0.3) is 0 Å². The maximum atomic E-state index is 5.53. The van der Waals surface area contributed by atoms with Gasteiger partial charge in [-0.25, -0.2) is 10.8 Å². The minimum Gasteiger partial charge on any atom is -0.308 e. The quantitative estimate of drug-likeness (QED) is 0.629. The van der Waals surface area contributed by atoms with Crippen molar-refractivity contribution in [3.05, 3.63) is 23.9 Å². The highest BCUT2D eigenvalue weighted by atomic mass is 15.3. The first-order valence-corrected chi connectivity index (χ1v) is 7.12. The maximum absolute atomic E-state index is 5.53. The molecule has 5 heteroatoms. The van der Waals surface area contributed by atoms with E-state index in [0.717, 1.165) is 31.0 Å². The third kappa shape index (κ3) is 2.59. The Morgan fingerprint density at radius 1 is 1.37 bits per heavy atom. The number of nitrogens with zero attached hydrogens (tertiary/aromatic N) is 3. The first kappa shape index (κ1) is 12.8. The summed E-state index contributed by atoms with van der Waals surface area (Å²) < 4.78 is 0. The summed E-state index contributed by atoms with van der Waals surface area (Å²) in [5.41, 5.74) is 3.88. The smallest absolute Gasteiger partial charge is 0.144 e. The second-order valence-electron chi connectivity index (χ2n) is 5.73. The number of nitrogen functional groups attached to an aromatic ring is 1. The van der Waals surface area contributed by atoms with E-state index in [1.807, 2.05) is 6.07 Å². The van der Waals surface area contributed by atoms with Gasteiger partial charge in [0.2, 0.25) is 0 Å². The number of likely N-dealkylation sites (N-methyl/N-ethyl adjacent to an activating group) is 1. The van der Waals surface area contributed by atoms with Crippen LogP contribution in [-0.4, -0.2) is 47.0 Å². The Balaban J connectivity index is 1.70. The van der Waals surface area contributed by atoms with Gasteiger partial charge >= 0.3 is 0 Å². The largest absolute Gasteiger partial charge is 0.308 e. The van der Waals surface area contributed by atoms with Gasteiger partial charge in [-0.1, -0.05) is 6.07 Å². The molecule has 0 amide bonds. The molecule has 2 atom stereocenters. The second-order valence-corrected chi connectivity index (χ2v) is 5.73. The van der Waals surface area contributed by atoms with Crippen LogP contribution in [0.5, 0.6) is 0 Å². The number of fused-ring (bicyclic) bond motifs is 2. The molecule has 5 nitrogen and oxygen atoms in total. The van der Waals surface area contributed by atoms with Crippen molar-refractivity contribution in [1.29, 1.82) is 0 Å². The molecule has 3 N–H and O–H groups in total. The van der Waals surface area contributed by atoms with Crippen molar-refractivity contribution >= 4 is 5.82 Å². The molecule has 0 radical (unpaired) electrons. The lowest BCUT2D eigenvalue weighted by atomic mass is 10.1. The van der Waals surface area contributed by atoms with E-state index in [4.69, 9.17) is 5.84 Å². The van der Waals surface area contributed by atoms with Gasteiger partial charge in [0.15, 0.2) is 0 Å². The lowest BCUT2D eigenvalue weighted by Gasteiger charge is -2.26. The van der Waals surface area contributed by atoms with Gasteiger partial charge in [-0.15, -0.1) is 0 Å². The zero-order valence-electron chi connectivity index (χ0n) is 11.5. The topological polar surface area (TPSA) is 57.4 Å². The van der Waals surface area contributed by atoms with E-state index < -0.39 is 0 Å². The molecule has 0 spiro atoms. The van der Waals surface area contributed by atoms with Crippen LogP contribution in [0.2, 0.25) is 0 Å². The molecular weight excluding hydrogens is 238 g/mol. The lowest BCUT2D eigenvalue weighted by Crippen LogP contribution is -2.36. The first-order valence-electron chi connectivity index (χ1n) is 7.12. The second kappa shape index (κ2) is 5.45. The maximum Gasteiger partial charge on any atom is 0.144 e. The van der Waals surface area contributed by atoms with E-state index in [1.54, 1.807) is 6.20 Å². The van der Waals surface area contributed by atoms with E-state index in [2.05, 4.69) is 33.3 Å². The SMILES string of the molecule is CN1C2CCC1CN(Cc1cccnc1NN)CC2. The standard InChI is InChI=1S/C14H23N5/c1-18-12-4-5-13(18)10-19(8-6-12)9-11-3-2-7-16-14(11)17-15/h2-3,7,12-13H,4-6,8-10,15H2,1H3,(H,16,17). The highest BCUT2D eigenvalue weighted by Crippen LogP contribution is 2.29. The van der Waals surface area contributed by atoms with Crippen LogP contribution >= 0.6 is 0 Å². The Morgan fingerprint density at radius 2 is 2.21 bits per heavy atom. The molecule has 2 aliphatic heterocycles. The van der Waals surface area contributed by atoms with Crippen LogP contribution in [0, 0.1) is 0 Å². The number of aromatic nitrogens is 1. The number of nitrogens with two attached hydrogens (primary N) is 1. The molecule has 3 heterocycles. The summed E-state index contributed by atoms with van der Waals surface area (Å²) in [6.45, 7) is 3.26. The van der Waals surface area contributed by atoms with Gasteiger partial charge in [0, 0.05) is 43.5 Å². The fraction of sp³-hybridized carbons (Fsp3) is 0.643. The summed E-state index contributed by atoms with van der Waals surface area (Å²) in [6.07, 6.45) is 5.76.